The van der Waals surface area contributed by atoms with Crippen LogP contribution >= 0.6 is 0 Å². The number of benzene rings is 1. The molecule has 0 bridgehead atoms. The van der Waals surface area contributed by atoms with Gasteiger partial charge in [0.25, 0.3) is 0 Å². The molecule has 0 spiro atoms. The van der Waals surface area contributed by atoms with Crippen LogP contribution in [-0.4, -0.2) is 28.3 Å². The number of hydrogen-bond acceptors (Lipinski definition) is 3. The normalized spacial score (nSPS) is 11.7. The van der Waals surface area contributed by atoms with Gasteiger partial charge in [-0.05, 0) is 25.6 Å². The molecule has 0 fully saturated rings. The first-order chi connectivity index (χ1) is 7.79. The van der Waals surface area contributed by atoms with Crippen molar-refractivity contribution in [3.63, 3.8) is 0 Å². The largest absolute Gasteiger partial charge is 0.391 e. The van der Waals surface area contributed by atoms with E-state index in [0.29, 0.717) is 19.8 Å². The van der Waals surface area contributed by atoms with Gasteiger partial charge in [0, 0.05) is 19.3 Å². The third kappa shape index (κ3) is 3.15. The highest BCUT2D eigenvalue weighted by molar-refractivity contribution is 6.81. The minimum absolute atomic E-state index is 0.598. The number of hydrogen-bond donors (Lipinski definition) is 1. The topological polar surface area (TPSA) is 44.5 Å². The molecule has 0 saturated carbocycles. The zero-order valence-corrected chi connectivity index (χ0v) is 11.1. The predicted octanol–water partition coefficient (Wildman–Crippen LogP) is 1.37. The third-order valence-corrected chi connectivity index (χ3v) is 6.11. The van der Waals surface area contributed by atoms with Gasteiger partial charge in [-0.3, -0.25) is 0 Å². The van der Waals surface area contributed by atoms with E-state index in [1.807, 2.05) is 32.0 Å². The molecule has 0 aliphatic heterocycles. The van der Waals surface area contributed by atoms with Crippen molar-refractivity contribution < 1.29 is 8.85 Å². The van der Waals surface area contributed by atoms with Crippen molar-refractivity contribution in [3.8, 4) is 0 Å². The Bertz CT molecular complexity index is 275. The zero-order valence-electron chi connectivity index (χ0n) is 10.1. The molecule has 0 atom stereocenters. The molecule has 0 saturated heterocycles. The molecule has 0 unspecified atom stereocenters. The molecule has 1 aromatic carbocycles. The summed E-state index contributed by atoms with van der Waals surface area (Å²) in [5, 5.41) is 1.17. The molecular weight excluding hydrogens is 218 g/mol. The maximum atomic E-state index is 5.93. The van der Waals surface area contributed by atoms with Crippen LogP contribution in [0.4, 0.5) is 0 Å². The van der Waals surface area contributed by atoms with Crippen LogP contribution in [0, 0.1) is 0 Å². The smallest absolute Gasteiger partial charge is 0.373 e. The lowest BCUT2D eigenvalue weighted by molar-refractivity contribution is 0.196. The summed E-state index contributed by atoms with van der Waals surface area (Å²) in [6.07, 6.45) is 0. The van der Waals surface area contributed by atoms with E-state index in [2.05, 4.69) is 12.1 Å². The molecule has 1 rings (SSSR count). The van der Waals surface area contributed by atoms with Gasteiger partial charge in [0.05, 0.1) is 0 Å². The van der Waals surface area contributed by atoms with Crippen LogP contribution < -0.4 is 10.9 Å². The van der Waals surface area contributed by atoms with Gasteiger partial charge < -0.3 is 14.6 Å². The van der Waals surface area contributed by atoms with E-state index < -0.39 is 8.56 Å². The molecule has 16 heavy (non-hydrogen) atoms. The van der Waals surface area contributed by atoms with Crippen molar-refractivity contribution in [1.29, 1.82) is 0 Å². The Balaban J connectivity index is 2.99. The lowest BCUT2D eigenvalue weighted by Crippen LogP contribution is -2.55. The highest BCUT2D eigenvalue weighted by Crippen LogP contribution is 2.13. The molecule has 4 heteroatoms. The van der Waals surface area contributed by atoms with Crippen molar-refractivity contribution in [1.82, 2.24) is 0 Å². The Labute approximate surface area is 98.8 Å². The second kappa shape index (κ2) is 6.80. The second-order valence-corrected chi connectivity index (χ2v) is 6.68. The van der Waals surface area contributed by atoms with Gasteiger partial charge in [-0.1, -0.05) is 30.3 Å². The van der Waals surface area contributed by atoms with Crippen LogP contribution in [0.3, 0.4) is 0 Å². The summed E-state index contributed by atoms with van der Waals surface area (Å²) < 4.78 is 11.9. The Morgan fingerprint density at radius 1 is 1.06 bits per heavy atom. The van der Waals surface area contributed by atoms with Crippen molar-refractivity contribution in [2.24, 2.45) is 5.73 Å². The minimum Gasteiger partial charge on any atom is -0.391 e. The maximum absolute atomic E-state index is 5.93. The van der Waals surface area contributed by atoms with E-state index in [4.69, 9.17) is 14.6 Å². The van der Waals surface area contributed by atoms with E-state index in [1.54, 1.807) is 0 Å². The molecule has 0 heterocycles. The molecule has 2 N–H and O–H groups in total. The van der Waals surface area contributed by atoms with Gasteiger partial charge in [-0.2, -0.15) is 0 Å². The average molecular weight is 239 g/mol. The summed E-state index contributed by atoms with van der Waals surface area (Å²) >= 11 is 0. The standard InChI is InChI=1S/C12H21NO2Si/c1-3-14-16(11-10-13,15-4-2)12-8-6-5-7-9-12/h5-9H,3-4,10-11,13H2,1-2H3. The highest BCUT2D eigenvalue weighted by Gasteiger charge is 2.38. The summed E-state index contributed by atoms with van der Waals surface area (Å²) in [5.74, 6) is 0. The van der Waals surface area contributed by atoms with Gasteiger partial charge >= 0.3 is 8.56 Å². The summed E-state index contributed by atoms with van der Waals surface area (Å²) in [5.41, 5.74) is 5.69. The van der Waals surface area contributed by atoms with Gasteiger partial charge in [0.2, 0.25) is 0 Å². The average Bonchev–Trinajstić information content (AvgIpc) is 2.31. The van der Waals surface area contributed by atoms with Gasteiger partial charge in [-0.15, -0.1) is 0 Å². The van der Waals surface area contributed by atoms with Crippen LogP contribution in [0.15, 0.2) is 30.3 Å². The van der Waals surface area contributed by atoms with Crippen LogP contribution in [-0.2, 0) is 8.85 Å². The van der Waals surface area contributed by atoms with Crippen LogP contribution in [0.1, 0.15) is 13.8 Å². The number of rotatable bonds is 7. The van der Waals surface area contributed by atoms with E-state index in [0.717, 1.165) is 6.04 Å². The SMILES string of the molecule is CCO[Si](CCN)(OCC)c1ccccc1. The summed E-state index contributed by atoms with van der Waals surface area (Å²) in [7, 11) is -2.30. The highest BCUT2D eigenvalue weighted by atomic mass is 28.4. The van der Waals surface area contributed by atoms with E-state index in [-0.39, 0.29) is 0 Å². The van der Waals surface area contributed by atoms with Crippen molar-refractivity contribution >= 4 is 13.7 Å². The van der Waals surface area contributed by atoms with Crippen molar-refractivity contribution in [2.75, 3.05) is 19.8 Å². The van der Waals surface area contributed by atoms with Crippen LogP contribution in [0.2, 0.25) is 6.04 Å². The first-order valence-electron chi connectivity index (χ1n) is 5.82. The van der Waals surface area contributed by atoms with Gasteiger partial charge in [0.15, 0.2) is 0 Å². The molecular formula is C12H21NO2Si. The molecule has 0 aliphatic carbocycles. The van der Waals surface area contributed by atoms with Crippen LogP contribution in [0.25, 0.3) is 0 Å². The lowest BCUT2D eigenvalue weighted by atomic mass is 10.4. The molecule has 3 nitrogen and oxygen atoms in total. The summed E-state index contributed by atoms with van der Waals surface area (Å²) in [6.45, 7) is 5.93. The minimum atomic E-state index is -2.30. The van der Waals surface area contributed by atoms with E-state index in [1.165, 1.54) is 5.19 Å². The van der Waals surface area contributed by atoms with Crippen LogP contribution in [0.5, 0.6) is 0 Å². The molecule has 1 aromatic rings. The Morgan fingerprint density at radius 2 is 1.62 bits per heavy atom. The summed E-state index contributed by atoms with van der Waals surface area (Å²) in [4.78, 5) is 0. The Hall–Kier alpha value is -0.683. The first kappa shape index (κ1) is 13.4. The fourth-order valence-corrected chi connectivity index (χ4v) is 4.85. The van der Waals surface area contributed by atoms with E-state index >= 15 is 0 Å². The predicted molar refractivity (Wildman–Crippen MR) is 68.9 cm³/mol. The van der Waals surface area contributed by atoms with Crippen molar-refractivity contribution in [2.45, 2.75) is 19.9 Å². The van der Waals surface area contributed by atoms with Gasteiger partial charge in [-0.25, -0.2) is 0 Å². The second-order valence-electron chi connectivity index (χ2n) is 3.52. The molecule has 0 amide bonds. The summed E-state index contributed by atoms with van der Waals surface area (Å²) in [6, 6.07) is 11.0. The fourth-order valence-electron chi connectivity index (χ4n) is 1.85. The first-order valence-corrected chi connectivity index (χ1v) is 7.85. The Kier molecular flexibility index (Phi) is 5.69. The van der Waals surface area contributed by atoms with Crippen molar-refractivity contribution in [3.05, 3.63) is 30.3 Å². The van der Waals surface area contributed by atoms with Gasteiger partial charge in [0.1, 0.15) is 0 Å². The molecule has 90 valence electrons. The lowest BCUT2D eigenvalue weighted by Gasteiger charge is -2.29. The molecule has 0 radical (unpaired) electrons. The maximum Gasteiger partial charge on any atom is 0.373 e. The third-order valence-electron chi connectivity index (χ3n) is 2.44. The fraction of sp³-hybridized carbons (Fsp3) is 0.500. The monoisotopic (exact) mass is 239 g/mol. The number of nitrogens with two attached hydrogens (primary N) is 1. The molecule has 0 aliphatic rings. The Morgan fingerprint density at radius 3 is 2.06 bits per heavy atom. The molecule has 0 aromatic heterocycles. The van der Waals surface area contributed by atoms with E-state index in [9.17, 15) is 0 Å². The quantitative estimate of drug-likeness (QED) is 0.731. The zero-order chi connectivity index (χ0) is 11.9.